The van der Waals surface area contributed by atoms with Crippen molar-refractivity contribution in [2.75, 3.05) is 37.5 Å². The molecule has 1 aliphatic heterocycles. The number of nitrogens with one attached hydrogen (secondary N) is 1. The SMILES string of the molecule is Cc1ccc(NC(=O)C2COCC2N)cc1N(C)C. The lowest BCUT2D eigenvalue weighted by molar-refractivity contribution is -0.120. The number of amides is 1. The molecule has 1 aromatic carbocycles. The Morgan fingerprint density at radius 2 is 2.16 bits per heavy atom. The minimum Gasteiger partial charge on any atom is -0.379 e. The summed E-state index contributed by atoms with van der Waals surface area (Å²) in [6.45, 7) is 2.90. The van der Waals surface area contributed by atoms with E-state index in [0.717, 1.165) is 11.4 Å². The van der Waals surface area contributed by atoms with Crippen LogP contribution >= 0.6 is 0 Å². The number of hydrogen-bond acceptors (Lipinski definition) is 4. The van der Waals surface area contributed by atoms with E-state index < -0.39 is 0 Å². The maximum Gasteiger partial charge on any atom is 0.231 e. The van der Waals surface area contributed by atoms with Crippen molar-refractivity contribution in [3.8, 4) is 0 Å². The molecular weight excluding hydrogens is 242 g/mol. The lowest BCUT2D eigenvalue weighted by Gasteiger charge is -2.18. The van der Waals surface area contributed by atoms with E-state index in [2.05, 4.69) is 5.32 Å². The third-order valence-electron chi connectivity index (χ3n) is 3.42. The standard InChI is InChI=1S/C14H21N3O2/c1-9-4-5-10(6-13(9)17(2)3)16-14(18)11-7-19-8-12(11)15/h4-6,11-12H,7-8,15H2,1-3H3,(H,16,18). The zero-order valence-electron chi connectivity index (χ0n) is 11.6. The van der Waals surface area contributed by atoms with E-state index in [0.29, 0.717) is 13.2 Å². The molecule has 0 saturated carbocycles. The number of carbonyl (C=O) groups is 1. The van der Waals surface area contributed by atoms with Crippen LogP contribution in [0.4, 0.5) is 11.4 Å². The summed E-state index contributed by atoms with van der Waals surface area (Å²) in [4.78, 5) is 14.1. The molecular formula is C14H21N3O2. The highest BCUT2D eigenvalue weighted by atomic mass is 16.5. The topological polar surface area (TPSA) is 67.6 Å². The van der Waals surface area contributed by atoms with Gasteiger partial charge in [-0.1, -0.05) is 6.07 Å². The minimum atomic E-state index is -0.260. The number of nitrogens with zero attached hydrogens (tertiary/aromatic N) is 1. The molecule has 1 fully saturated rings. The normalized spacial score (nSPS) is 22.3. The van der Waals surface area contributed by atoms with E-state index in [1.54, 1.807) is 0 Å². The fourth-order valence-corrected chi connectivity index (χ4v) is 2.24. The van der Waals surface area contributed by atoms with Crippen LogP contribution in [0.15, 0.2) is 18.2 Å². The van der Waals surface area contributed by atoms with Crippen LogP contribution in [0.2, 0.25) is 0 Å². The molecule has 0 aromatic heterocycles. The molecule has 5 heteroatoms. The highest BCUT2D eigenvalue weighted by Gasteiger charge is 2.31. The minimum absolute atomic E-state index is 0.0708. The van der Waals surface area contributed by atoms with Gasteiger partial charge in [-0.3, -0.25) is 4.79 Å². The molecule has 5 nitrogen and oxygen atoms in total. The van der Waals surface area contributed by atoms with Crippen LogP contribution < -0.4 is 16.0 Å². The fraction of sp³-hybridized carbons (Fsp3) is 0.500. The van der Waals surface area contributed by atoms with Crippen molar-refractivity contribution in [1.82, 2.24) is 0 Å². The second kappa shape index (κ2) is 5.59. The molecule has 0 aliphatic carbocycles. The molecule has 3 N–H and O–H groups in total. The van der Waals surface area contributed by atoms with Crippen molar-refractivity contribution < 1.29 is 9.53 Å². The molecule has 2 unspecified atom stereocenters. The number of ether oxygens (including phenoxy) is 1. The van der Waals surface area contributed by atoms with E-state index in [1.165, 1.54) is 5.56 Å². The van der Waals surface area contributed by atoms with Gasteiger partial charge in [0.2, 0.25) is 5.91 Å². The summed E-state index contributed by atoms with van der Waals surface area (Å²) in [6, 6.07) is 5.66. The monoisotopic (exact) mass is 263 g/mol. The molecule has 0 radical (unpaired) electrons. The van der Waals surface area contributed by atoms with Crippen LogP contribution in [0.1, 0.15) is 5.56 Å². The average Bonchev–Trinajstić information content (AvgIpc) is 2.77. The van der Waals surface area contributed by atoms with Crippen molar-refractivity contribution in [2.45, 2.75) is 13.0 Å². The summed E-state index contributed by atoms with van der Waals surface area (Å²) in [6.07, 6.45) is 0. The lowest BCUT2D eigenvalue weighted by Crippen LogP contribution is -2.37. The van der Waals surface area contributed by atoms with Crippen LogP contribution in [-0.2, 0) is 9.53 Å². The summed E-state index contributed by atoms with van der Waals surface area (Å²) >= 11 is 0. The molecule has 1 heterocycles. The van der Waals surface area contributed by atoms with Gasteiger partial charge in [0.15, 0.2) is 0 Å². The zero-order valence-corrected chi connectivity index (χ0v) is 11.6. The first-order chi connectivity index (χ1) is 8.99. The van der Waals surface area contributed by atoms with Crippen LogP contribution in [0.3, 0.4) is 0 Å². The Morgan fingerprint density at radius 1 is 1.42 bits per heavy atom. The van der Waals surface area contributed by atoms with Gasteiger partial charge in [-0.25, -0.2) is 0 Å². The van der Waals surface area contributed by atoms with Crippen LogP contribution in [0.5, 0.6) is 0 Å². The molecule has 0 spiro atoms. The molecule has 1 amide bonds. The molecule has 1 saturated heterocycles. The average molecular weight is 263 g/mol. The summed E-state index contributed by atoms with van der Waals surface area (Å²) in [5.41, 5.74) is 8.89. The quantitative estimate of drug-likeness (QED) is 0.853. The van der Waals surface area contributed by atoms with Crippen molar-refractivity contribution >= 4 is 17.3 Å². The maximum atomic E-state index is 12.1. The number of rotatable bonds is 3. The Balaban J connectivity index is 2.11. The molecule has 2 atom stereocenters. The predicted molar refractivity (Wildman–Crippen MR) is 76.4 cm³/mol. The van der Waals surface area contributed by atoms with Gasteiger partial charge in [-0.15, -0.1) is 0 Å². The van der Waals surface area contributed by atoms with Gasteiger partial charge in [-0.05, 0) is 24.6 Å². The van der Waals surface area contributed by atoms with E-state index in [1.807, 2.05) is 44.1 Å². The van der Waals surface area contributed by atoms with E-state index in [4.69, 9.17) is 10.5 Å². The summed E-state index contributed by atoms with van der Waals surface area (Å²) in [7, 11) is 3.96. The lowest BCUT2D eigenvalue weighted by atomic mass is 10.0. The summed E-state index contributed by atoms with van der Waals surface area (Å²) in [5.74, 6) is -0.331. The van der Waals surface area contributed by atoms with Gasteiger partial charge in [-0.2, -0.15) is 0 Å². The van der Waals surface area contributed by atoms with Gasteiger partial charge in [0.25, 0.3) is 0 Å². The Hall–Kier alpha value is -1.59. The number of anilines is 2. The van der Waals surface area contributed by atoms with Gasteiger partial charge in [0, 0.05) is 31.5 Å². The third-order valence-corrected chi connectivity index (χ3v) is 3.42. The summed E-state index contributed by atoms with van der Waals surface area (Å²) < 4.78 is 5.22. The van der Waals surface area contributed by atoms with Crippen molar-refractivity contribution in [2.24, 2.45) is 11.7 Å². The second-order valence-corrected chi connectivity index (χ2v) is 5.19. The number of aryl methyl sites for hydroxylation is 1. The first kappa shape index (κ1) is 13.8. The number of benzene rings is 1. The van der Waals surface area contributed by atoms with E-state index >= 15 is 0 Å². The second-order valence-electron chi connectivity index (χ2n) is 5.19. The first-order valence-corrected chi connectivity index (χ1v) is 6.41. The van der Waals surface area contributed by atoms with Gasteiger partial charge in [0.05, 0.1) is 19.1 Å². The Kier molecular flexibility index (Phi) is 4.07. The van der Waals surface area contributed by atoms with Gasteiger partial charge < -0.3 is 20.7 Å². The van der Waals surface area contributed by atoms with Crippen molar-refractivity contribution in [3.63, 3.8) is 0 Å². The number of nitrogens with two attached hydrogens (primary N) is 1. The highest BCUT2D eigenvalue weighted by molar-refractivity contribution is 5.93. The molecule has 1 aromatic rings. The largest absolute Gasteiger partial charge is 0.379 e. The Bertz CT molecular complexity index is 474. The number of carbonyl (C=O) groups excluding carboxylic acids is 1. The smallest absolute Gasteiger partial charge is 0.231 e. The highest BCUT2D eigenvalue weighted by Crippen LogP contribution is 2.23. The molecule has 0 bridgehead atoms. The van der Waals surface area contributed by atoms with Crippen LogP contribution in [-0.4, -0.2) is 39.3 Å². The maximum absolute atomic E-state index is 12.1. The van der Waals surface area contributed by atoms with Crippen molar-refractivity contribution in [3.05, 3.63) is 23.8 Å². The van der Waals surface area contributed by atoms with E-state index in [9.17, 15) is 4.79 Å². The van der Waals surface area contributed by atoms with Gasteiger partial charge >= 0.3 is 0 Å². The summed E-state index contributed by atoms with van der Waals surface area (Å²) in [5, 5.41) is 2.91. The first-order valence-electron chi connectivity index (χ1n) is 6.41. The predicted octanol–water partition coefficient (Wildman–Crippen LogP) is 0.973. The molecule has 19 heavy (non-hydrogen) atoms. The van der Waals surface area contributed by atoms with Crippen molar-refractivity contribution in [1.29, 1.82) is 0 Å². The van der Waals surface area contributed by atoms with E-state index in [-0.39, 0.29) is 17.9 Å². The number of hydrogen-bond donors (Lipinski definition) is 2. The fourth-order valence-electron chi connectivity index (χ4n) is 2.24. The molecule has 2 rings (SSSR count). The van der Waals surface area contributed by atoms with Crippen LogP contribution in [0, 0.1) is 12.8 Å². The zero-order chi connectivity index (χ0) is 14.0. The Labute approximate surface area is 113 Å². The third kappa shape index (κ3) is 3.05. The molecule has 1 aliphatic rings. The van der Waals surface area contributed by atoms with Gasteiger partial charge in [0.1, 0.15) is 0 Å². The molecule has 104 valence electrons. The Morgan fingerprint density at radius 3 is 2.74 bits per heavy atom. The van der Waals surface area contributed by atoms with Crippen LogP contribution in [0.25, 0.3) is 0 Å².